The van der Waals surface area contributed by atoms with Gasteiger partial charge in [-0.25, -0.2) is 4.79 Å². The molecule has 0 aliphatic heterocycles. The summed E-state index contributed by atoms with van der Waals surface area (Å²) in [4.78, 5) is 23.5. The van der Waals surface area contributed by atoms with Crippen LogP contribution in [0.15, 0.2) is 47.6 Å². The van der Waals surface area contributed by atoms with Crippen molar-refractivity contribution in [1.82, 2.24) is 25.4 Å². The number of ether oxygens (including phenoxy) is 2. The van der Waals surface area contributed by atoms with Gasteiger partial charge in [-0.2, -0.15) is 0 Å². The Balaban J connectivity index is 1.78. The van der Waals surface area contributed by atoms with Gasteiger partial charge in [0.1, 0.15) is 12.3 Å². The number of hydrogen-bond donors (Lipinski definition) is 2. The van der Waals surface area contributed by atoms with Crippen molar-refractivity contribution >= 4 is 47.0 Å². The third-order valence-electron chi connectivity index (χ3n) is 4.46. The molecule has 0 radical (unpaired) electrons. The van der Waals surface area contributed by atoms with Gasteiger partial charge in [-0.1, -0.05) is 47.1 Å². The number of nitrogens with zero attached hydrogens (tertiary/aromatic N) is 3. The van der Waals surface area contributed by atoms with Gasteiger partial charge in [0, 0.05) is 10.8 Å². The lowest BCUT2D eigenvalue weighted by molar-refractivity contribution is -0.141. The number of esters is 1. The zero-order valence-corrected chi connectivity index (χ0v) is 20.8. The van der Waals surface area contributed by atoms with Gasteiger partial charge in [0.05, 0.1) is 31.0 Å². The Bertz CT molecular complexity index is 1160. The molecule has 2 aromatic carbocycles. The highest BCUT2D eigenvalue weighted by molar-refractivity contribution is 7.98. The Kier molecular flexibility index (Phi) is 9.43. The van der Waals surface area contributed by atoms with Gasteiger partial charge in [0.15, 0.2) is 11.0 Å². The van der Waals surface area contributed by atoms with Crippen molar-refractivity contribution in [3.05, 3.63) is 63.9 Å². The van der Waals surface area contributed by atoms with E-state index in [9.17, 15) is 9.59 Å². The molecule has 0 aliphatic carbocycles. The molecule has 0 bridgehead atoms. The van der Waals surface area contributed by atoms with Gasteiger partial charge in [0.25, 0.3) is 0 Å². The monoisotopic (exact) mass is 523 g/mol. The molecular formula is C22H23Cl2N5O4S. The van der Waals surface area contributed by atoms with E-state index < -0.39 is 12.0 Å². The molecule has 0 saturated heterocycles. The number of carbonyl (C=O) groups excluding carboxylic acids is 2. The van der Waals surface area contributed by atoms with Crippen molar-refractivity contribution < 1.29 is 19.1 Å². The zero-order chi connectivity index (χ0) is 24.5. The molecule has 0 unspecified atom stereocenters. The van der Waals surface area contributed by atoms with Crippen LogP contribution < -0.4 is 15.4 Å². The molecule has 180 valence electrons. The van der Waals surface area contributed by atoms with Crippen molar-refractivity contribution in [3.8, 4) is 11.4 Å². The van der Waals surface area contributed by atoms with Crippen LogP contribution in [0.25, 0.3) is 5.69 Å². The van der Waals surface area contributed by atoms with Crippen molar-refractivity contribution in [2.75, 3.05) is 20.3 Å². The van der Waals surface area contributed by atoms with Crippen LogP contribution in [-0.2, 0) is 21.8 Å². The maximum absolute atomic E-state index is 12.1. The SMILES string of the molecule is CCOC(=O)CNC(=O)NCc1nnc(SCc2cccc(OC)c2)n1-c1ccc(Cl)cc1Cl. The van der Waals surface area contributed by atoms with E-state index in [0.717, 1.165) is 11.3 Å². The third kappa shape index (κ3) is 7.02. The standard InChI is InChI=1S/C22H23Cl2N5O4S/c1-3-33-20(30)12-26-21(31)25-11-19-27-28-22(29(19)18-8-7-15(23)10-17(18)24)34-13-14-5-4-6-16(9-14)32-2/h4-10H,3,11-13H2,1-2H3,(H2,25,26,31). The zero-order valence-electron chi connectivity index (χ0n) is 18.5. The fourth-order valence-corrected chi connectivity index (χ4v) is 4.31. The number of carbonyl (C=O) groups is 2. The number of aromatic nitrogens is 3. The Hall–Kier alpha value is -2.95. The van der Waals surface area contributed by atoms with Gasteiger partial charge in [-0.3, -0.25) is 9.36 Å². The Morgan fingerprint density at radius 1 is 1.12 bits per heavy atom. The van der Waals surface area contributed by atoms with E-state index in [1.165, 1.54) is 11.8 Å². The smallest absolute Gasteiger partial charge is 0.325 e. The lowest BCUT2D eigenvalue weighted by atomic mass is 10.2. The Labute approximate surface area is 211 Å². The van der Waals surface area contributed by atoms with Crippen LogP contribution >= 0.6 is 35.0 Å². The van der Waals surface area contributed by atoms with Gasteiger partial charge in [-0.15, -0.1) is 10.2 Å². The summed E-state index contributed by atoms with van der Waals surface area (Å²) in [5.74, 6) is 1.29. The van der Waals surface area contributed by atoms with E-state index in [2.05, 4.69) is 20.8 Å². The minimum atomic E-state index is -0.546. The van der Waals surface area contributed by atoms with Crippen LogP contribution in [0.5, 0.6) is 5.75 Å². The summed E-state index contributed by atoms with van der Waals surface area (Å²) in [6.45, 7) is 1.73. The summed E-state index contributed by atoms with van der Waals surface area (Å²) in [5, 5.41) is 15.1. The number of rotatable bonds is 10. The number of benzene rings is 2. The van der Waals surface area contributed by atoms with E-state index >= 15 is 0 Å². The first-order chi connectivity index (χ1) is 16.4. The number of urea groups is 1. The highest BCUT2D eigenvalue weighted by atomic mass is 35.5. The van der Waals surface area contributed by atoms with E-state index in [-0.39, 0.29) is 19.7 Å². The average molecular weight is 524 g/mol. The number of nitrogens with one attached hydrogen (secondary N) is 2. The molecular weight excluding hydrogens is 501 g/mol. The second kappa shape index (κ2) is 12.5. The van der Waals surface area contributed by atoms with Crippen molar-refractivity contribution in [2.45, 2.75) is 24.4 Å². The van der Waals surface area contributed by atoms with Crippen LogP contribution in [0.4, 0.5) is 4.79 Å². The predicted molar refractivity (Wildman–Crippen MR) is 131 cm³/mol. The topological polar surface area (TPSA) is 107 Å². The fraction of sp³-hybridized carbons (Fsp3) is 0.273. The predicted octanol–water partition coefficient (Wildman–Crippen LogP) is 4.24. The molecule has 12 heteroatoms. The first-order valence-corrected chi connectivity index (χ1v) is 12.0. The molecule has 0 aliphatic rings. The summed E-state index contributed by atoms with van der Waals surface area (Å²) in [5.41, 5.74) is 1.66. The number of halogens is 2. The first kappa shape index (κ1) is 25.7. The molecule has 1 heterocycles. The fourth-order valence-electron chi connectivity index (χ4n) is 2.91. The maximum Gasteiger partial charge on any atom is 0.325 e. The molecule has 3 aromatic rings. The highest BCUT2D eigenvalue weighted by Gasteiger charge is 2.18. The second-order valence-electron chi connectivity index (χ2n) is 6.81. The summed E-state index contributed by atoms with van der Waals surface area (Å²) in [6.07, 6.45) is 0. The van der Waals surface area contributed by atoms with Gasteiger partial charge in [0.2, 0.25) is 0 Å². The number of hydrogen-bond acceptors (Lipinski definition) is 7. The number of thioether (sulfide) groups is 1. The molecule has 0 spiro atoms. The van der Waals surface area contributed by atoms with Gasteiger partial charge in [-0.05, 0) is 42.8 Å². The molecule has 2 N–H and O–H groups in total. The van der Waals surface area contributed by atoms with Crippen LogP contribution in [0.3, 0.4) is 0 Å². The molecule has 0 atom stereocenters. The summed E-state index contributed by atoms with van der Waals surface area (Å²) >= 11 is 14.0. The molecule has 2 amide bonds. The van der Waals surface area contributed by atoms with E-state index in [0.29, 0.717) is 32.5 Å². The minimum Gasteiger partial charge on any atom is -0.497 e. The Morgan fingerprint density at radius 2 is 1.94 bits per heavy atom. The van der Waals surface area contributed by atoms with Crippen molar-refractivity contribution in [2.24, 2.45) is 0 Å². The van der Waals surface area contributed by atoms with Gasteiger partial charge >= 0.3 is 12.0 Å². The van der Waals surface area contributed by atoms with E-state index in [4.69, 9.17) is 32.7 Å². The van der Waals surface area contributed by atoms with Crippen LogP contribution in [-0.4, -0.2) is 47.0 Å². The van der Waals surface area contributed by atoms with Crippen molar-refractivity contribution in [3.63, 3.8) is 0 Å². The van der Waals surface area contributed by atoms with Crippen LogP contribution in [0.1, 0.15) is 18.3 Å². The molecule has 0 fully saturated rings. The summed E-state index contributed by atoms with van der Waals surface area (Å²) in [7, 11) is 1.62. The summed E-state index contributed by atoms with van der Waals surface area (Å²) in [6, 6.07) is 12.3. The summed E-state index contributed by atoms with van der Waals surface area (Å²) < 4.78 is 11.8. The molecule has 9 nitrogen and oxygen atoms in total. The first-order valence-electron chi connectivity index (χ1n) is 10.2. The van der Waals surface area contributed by atoms with Gasteiger partial charge < -0.3 is 20.1 Å². The Morgan fingerprint density at radius 3 is 2.68 bits per heavy atom. The maximum atomic E-state index is 12.1. The lowest BCUT2D eigenvalue weighted by Crippen LogP contribution is -2.39. The average Bonchev–Trinajstić information content (AvgIpc) is 3.23. The number of methoxy groups -OCH3 is 1. The van der Waals surface area contributed by atoms with E-state index in [1.54, 1.807) is 36.8 Å². The van der Waals surface area contributed by atoms with E-state index in [1.807, 2.05) is 24.3 Å². The number of amides is 2. The minimum absolute atomic E-state index is 0.0420. The molecule has 1 aromatic heterocycles. The molecule has 3 rings (SSSR count). The second-order valence-corrected chi connectivity index (χ2v) is 8.60. The van der Waals surface area contributed by atoms with Crippen molar-refractivity contribution in [1.29, 1.82) is 0 Å². The van der Waals surface area contributed by atoms with Crippen LogP contribution in [0, 0.1) is 0 Å². The van der Waals surface area contributed by atoms with Crippen LogP contribution in [0.2, 0.25) is 10.0 Å². The third-order valence-corrected chi connectivity index (χ3v) is 6.00. The highest BCUT2D eigenvalue weighted by Crippen LogP contribution is 2.31. The molecule has 34 heavy (non-hydrogen) atoms. The lowest BCUT2D eigenvalue weighted by Gasteiger charge is -2.13. The normalized spacial score (nSPS) is 10.6. The molecule has 0 saturated carbocycles. The quantitative estimate of drug-likeness (QED) is 0.302. The largest absolute Gasteiger partial charge is 0.497 e.